The first-order valence-corrected chi connectivity index (χ1v) is 10.2. The summed E-state index contributed by atoms with van der Waals surface area (Å²) >= 11 is 0. The number of benzene rings is 3. The fourth-order valence-corrected chi connectivity index (χ4v) is 3.23. The summed E-state index contributed by atoms with van der Waals surface area (Å²) in [7, 11) is 1.66. The van der Waals surface area contributed by atoms with E-state index in [1.54, 1.807) is 7.11 Å². The predicted octanol–water partition coefficient (Wildman–Crippen LogP) is 5.11. The van der Waals surface area contributed by atoms with Crippen LogP contribution in [0.4, 0.5) is 4.79 Å². The molecular formula is C27H22N2O3. The fourth-order valence-electron chi connectivity index (χ4n) is 3.23. The van der Waals surface area contributed by atoms with Crippen molar-refractivity contribution in [2.45, 2.75) is 6.04 Å². The molecule has 0 radical (unpaired) electrons. The smallest absolute Gasteiger partial charge is 0.407 e. The van der Waals surface area contributed by atoms with Crippen LogP contribution in [0.25, 0.3) is 10.9 Å². The zero-order valence-corrected chi connectivity index (χ0v) is 17.6. The Hall–Kier alpha value is -4.30. The number of carbonyl (C=O) groups excluding carboxylic acids is 1. The number of amides is 1. The highest BCUT2D eigenvalue weighted by atomic mass is 16.6. The second-order valence-corrected chi connectivity index (χ2v) is 7.08. The third kappa shape index (κ3) is 5.44. The van der Waals surface area contributed by atoms with Gasteiger partial charge in [-0.25, -0.2) is 9.78 Å². The van der Waals surface area contributed by atoms with E-state index in [2.05, 4.69) is 22.1 Å². The van der Waals surface area contributed by atoms with Crippen molar-refractivity contribution in [1.29, 1.82) is 0 Å². The van der Waals surface area contributed by atoms with Gasteiger partial charge in [0, 0.05) is 10.9 Å². The quantitative estimate of drug-likeness (QED) is 0.456. The number of hydrogen-bond donors (Lipinski definition) is 1. The summed E-state index contributed by atoms with van der Waals surface area (Å²) in [6.07, 6.45) is -0.378. The molecule has 0 spiro atoms. The molecule has 0 saturated carbocycles. The summed E-state index contributed by atoms with van der Waals surface area (Å²) in [5.74, 6) is 7.14. The second kappa shape index (κ2) is 10.1. The van der Waals surface area contributed by atoms with E-state index in [9.17, 15) is 4.79 Å². The van der Waals surface area contributed by atoms with Crippen LogP contribution in [0.5, 0.6) is 5.75 Å². The highest BCUT2D eigenvalue weighted by Gasteiger charge is 2.23. The van der Waals surface area contributed by atoms with Crippen LogP contribution < -0.4 is 10.1 Å². The minimum absolute atomic E-state index is 0.113. The third-order valence-corrected chi connectivity index (χ3v) is 4.87. The Morgan fingerprint density at radius 3 is 2.50 bits per heavy atom. The summed E-state index contributed by atoms with van der Waals surface area (Å²) < 4.78 is 9.85. The molecule has 1 N–H and O–H groups in total. The van der Waals surface area contributed by atoms with Crippen molar-refractivity contribution in [3.8, 4) is 17.6 Å². The first kappa shape index (κ1) is 21.0. The lowest BCUT2D eigenvalue weighted by molar-refractivity contribution is 0.177. The minimum atomic E-state index is -0.378. The third-order valence-electron chi connectivity index (χ3n) is 4.87. The molecule has 32 heavy (non-hydrogen) atoms. The Balaban J connectivity index is 0.000000260. The molecule has 1 saturated heterocycles. The molecule has 1 atom stereocenters. The Bertz CT molecular complexity index is 1280. The van der Waals surface area contributed by atoms with E-state index in [-0.39, 0.29) is 12.1 Å². The molecule has 1 aromatic heterocycles. The molecule has 4 aromatic rings. The second-order valence-electron chi connectivity index (χ2n) is 7.08. The number of carbonyl (C=O) groups is 1. The van der Waals surface area contributed by atoms with Gasteiger partial charge in [-0.2, -0.15) is 0 Å². The number of nitrogens with one attached hydrogen (secondary N) is 1. The maximum absolute atomic E-state index is 11.2. The van der Waals surface area contributed by atoms with Crippen LogP contribution in [0, 0.1) is 11.8 Å². The highest BCUT2D eigenvalue weighted by Crippen LogP contribution is 2.19. The van der Waals surface area contributed by atoms with Crippen molar-refractivity contribution in [2.75, 3.05) is 13.7 Å². The van der Waals surface area contributed by atoms with Gasteiger partial charge in [0.05, 0.1) is 18.7 Å². The summed E-state index contributed by atoms with van der Waals surface area (Å²) in [6, 6.07) is 29.3. The summed E-state index contributed by atoms with van der Waals surface area (Å²) in [5.41, 5.74) is 3.53. The standard InChI is InChI=1S/C20H14N2O2.C7H8O/c23-20-22-19(13-24-20)16-6-3-4-14(12-16)8-10-17-11-9-15-5-1-2-7-18(15)21-17;1-8-7-5-3-2-4-6-7/h1-7,9,11-12,19H,13H2,(H,22,23);2-6H,1H3/t19-;/m0./s1. The summed E-state index contributed by atoms with van der Waals surface area (Å²) in [4.78, 5) is 15.7. The highest BCUT2D eigenvalue weighted by molar-refractivity contribution is 5.78. The fraction of sp³-hybridized carbons (Fsp3) is 0.111. The largest absolute Gasteiger partial charge is 0.497 e. The van der Waals surface area contributed by atoms with Crippen molar-refractivity contribution >= 4 is 17.0 Å². The van der Waals surface area contributed by atoms with E-state index < -0.39 is 0 Å². The molecule has 158 valence electrons. The zero-order chi connectivity index (χ0) is 22.2. The van der Waals surface area contributed by atoms with Crippen molar-refractivity contribution in [2.24, 2.45) is 0 Å². The van der Waals surface area contributed by atoms with Gasteiger partial charge in [0.15, 0.2) is 0 Å². The summed E-state index contributed by atoms with van der Waals surface area (Å²) in [6.45, 7) is 0.349. The van der Waals surface area contributed by atoms with Gasteiger partial charge in [-0.15, -0.1) is 0 Å². The number of ether oxygens (including phenoxy) is 2. The number of alkyl carbamates (subject to hydrolysis) is 1. The van der Waals surface area contributed by atoms with Crippen LogP contribution in [-0.4, -0.2) is 24.8 Å². The minimum Gasteiger partial charge on any atom is -0.497 e. The Morgan fingerprint density at radius 2 is 1.75 bits per heavy atom. The number of cyclic esters (lactones) is 1. The van der Waals surface area contributed by atoms with Crippen molar-refractivity contribution in [3.63, 3.8) is 0 Å². The van der Waals surface area contributed by atoms with E-state index in [1.807, 2.05) is 91.0 Å². The SMILES string of the molecule is COc1ccccc1.O=C1N[C@H](c2cccc(C#Cc3ccc4ccccc4n3)c2)CO1. The van der Waals surface area contributed by atoms with Crippen molar-refractivity contribution in [3.05, 3.63) is 108 Å². The molecule has 3 aromatic carbocycles. The normalized spacial score (nSPS) is 14.3. The van der Waals surface area contributed by atoms with Gasteiger partial charge in [-0.05, 0) is 47.9 Å². The van der Waals surface area contributed by atoms with Crippen molar-refractivity contribution < 1.29 is 14.3 Å². The Kier molecular flexibility index (Phi) is 6.64. The van der Waals surface area contributed by atoms with Crippen LogP contribution in [0.1, 0.15) is 22.9 Å². The van der Waals surface area contributed by atoms with E-state index in [4.69, 9.17) is 9.47 Å². The molecule has 1 aliphatic heterocycles. The van der Waals surface area contributed by atoms with Crippen LogP contribution in [-0.2, 0) is 4.74 Å². The van der Waals surface area contributed by atoms with Crippen LogP contribution >= 0.6 is 0 Å². The average Bonchev–Trinajstić information content (AvgIpc) is 3.30. The Labute approximate surface area is 187 Å². The van der Waals surface area contributed by atoms with Gasteiger partial charge in [0.25, 0.3) is 0 Å². The van der Waals surface area contributed by atoms with Gasteiger partial charge < -0.3 is 14.8 Å². The molecule has 1 aliphatic rings. The number of rotatable bonds is 2. The van der Waals surface area contributed by atoms with Gasteiger partial charge in [0.2, 0.25) is 0 Å². The molecule has 0 aliphatic carbocycles. The monoisotopic (exact) mass is 422 g/mol. The maximum Gasteiger partial charge on any atom is 0.407 e. The maximum atomic E-state index is 11.2. The van der Waals surface area contributed by atoms with E-state index in [1.165, 1.54) is 0 Å². The average molecular weight is 422 g/mol. The number of pyridine rings is 1. The molecule has 1 fully saturated rings. The molecule has 5 nitrogen and oxygen atoms in total. The van der Waals surface area contributed by atoms with Gasteiger partial charge >= 0.3 is 6.09 Å². The lowest BCUT2D eigenvalue weighted by atomic mass is 10.1. The van der Waals surface area contributed by atoms with Crippen LogP contribution in [0.2, 0.25) is 0 Å². The summed E-state index contributed by atoms with van der Waals surface area (Å²) in [5, 5.41) is 3.87. The van der Waals surface area contributed by atoms with Crippen LogP contribution in [0.3, 0.4) is 0 Å². The number of methoxy groups -OCH3 is 1. The molecule has 0 unspecified atom stereocenters. The molecular weight excluding hydrogens is 400 g/mol. The number of para-hydroxylation sites is 2. The topological polar surface area (TPSA) is 60.5 Å². The Morgan fingerprint density at radius 1 is 0.938 bits per heavy atom. The van der Waals surface area contributed by atoms with Gasteiger partial charge in [0.1, 0.15) is 18.1 Å². The van der Waals surface area contributed by atoms with E-state index in [0.29, 0.717) is 6.61 Å². The first-order chi connectivity index (χ1) is 15.7. The molecule has 5 heteroatoms. The number of nitrogens with zero attached hydrogens (tertiary/aromatic N) is 1. The zero-order valence-electron chi connectivity index (χ0n) is 17.6. The molecule has 1 amide bonds. The molecule has 0 bridgehead atoms. The van der Waals surface area contributed by atoms with Crippen molar-refractivity contribution in [1.82, 2.24) is 10.3 Å². The lowest BCUT2D eigenvalue weighted by Crippen LogP contribution is -2.18. The molecule has 5 rings (SSSR count). The van der Waals surface area contributed by atoms with E-state index in [0.717, 1.165) is 33.5 Å². The van der Waals surface area contributed by atoms with Gasteiger partial charge in [-0.1, -0.05) is 60.5 Å². The first-order valence-electron chi connectivity index (χ1n) is 10.2. The van der Waals surface area contributed by atoms with Gasteiger partial charge in [-0.3, -0.25) is 0 Å². The molecule has 2 heterocycles. The van der Waals surface area contributed by atoms with Crippen LogP contribution in [0.15, 0.2) is 91.0 Å². The van der Waals surface area contributed by atoms with E-state index >= 15 is 0 Å². The number of aromatic nitrogens is 1. The lowest BCUT2D eigenvalue weighted by Gasteiger charge is -2.07. The number of fused-ring (bicyclic) bond motifs is 1. The predicted molar refractivity (Wildman–Crippen MR) is 124 cm³/mol. The number of hydrogen-bond acceptors (Lipinski definition) is 4.